The average molecular weight is 431 g/mol. The minimum Gasteiger partial charge on any atom is -0.350 e. The Morgan fingerprint density at radius 1 is 0.742 bits per heavy atom. The molecular formula is C26H23ClN2O2. The Labute approximate surface area is 187 Å². The zero-order valence-corrected chi connectivity index (χ0v) is 18.7. The maximum Gasteiger partial charge on any atom is 0.282 e. The van der Waals surface area contributed by atoms with Crippen molar-refractivity contribution in [2.24, 2.45) is 0 Å². The summed E-state index contributed by atoms with van der Waals surface area (Å²) in [5.74, 6) is -0.743. The lowest BCUT2D eigenvalue weighted by molar-refractivity contribution is -0.120. The van der Waals surface area contributed by atoms with E-state index < -0.39 is 0 Å². The molecule has 2 amide bonds. The number of hydrogen-bond acceptors (Lipinski definition) is 3. The van der Waals surface area contributed by atoms with Gasteiger partial charge in [-0.2, -0.15) is 0 Å². The summed E-state index contributed by atoms with van der Waals surface area (Å²) in [6, 6.07) is 18.5. The Morgan fingerprint density at radius 2 is 1.39 bits per heavy atom. The van der Waals surface area contributed by atoms with E-state index in [0.717, 1.165) is 33.5 Å². The topological polar surface area (TPSA) is 49.4 Å². The monoisotopic (exact) mass is 430 g/mol. The van der Waals surface area contributed by atoms with Crippen LogP contribution in [0, 0.1) is 27.7 Å². The summed E-state index contributed by atoms with van der Waals surface area (Å²) in [6.45, 7) is 7.95. The van der Waals surface area contributed by atoms with Crippen LogP contribution < -0.4 is 10.2 Å². The Bertz CT molecular complexity index is 1220. The van der Waals surface area contributed by atoms with Crippen molar-refractivity contribution in [2.45, 2.75) is 27.7 Å². The lowest BCUT2D eigenvalue weighted by atomic mass is 9.97. The summed E-state index contributed by atoms with van der Waals surface area (Å²) >= 11 is 6.01. The number of carbonyl (C=O) groups is 2. The lowest BCUT2D eigenvalue weighted by Gasteiger charge is -2.16. The highest BCUT2D eigenvalue weighted by Crippen LogP contribution is 2.35. The summed E-state index contributed by atoms with van der Waals surface area (Å²) in [4.78, 5) is 28.2. The smallest absolute Gasteiger partial charge is 0.282 e. The van der Waals surface area contributed by atoms with Crippen molar-refractivity contribution in [2.75, 3.05) is 10.2 Å². The van der Waals surface area contributed by atoms with E-state index in [1.165, 1.54) is 4.90 Å². The second-order valence-corrected chi connectivity index (χ2v) is 8.43. The number of halogens is 1. The van der Waals surface area contributed by atoms with Gasteiger partial charge in [-0.3, -0.25) is 9.59 Å². The van der Waals surface area contributed by atoms with Gasteiger partial charge in [0.25, 0.3) is 11.8 Å². The minimum atomic E-state index is -0.388. The summed E-state index contributed by atoms with van der Waals surface area (Å²) in [5.41, 5.74) is 6.82. The van der Waals surface area contributed by atoms with Crippen molar-refractivity contribution in [3.63, 3.8) is 0 Å². The molecule has 4 nitrogen and oxygen atoms in total. The fourth-order valence-electron chi connectivity index (χ4n) is 4.01. The Balaban J connectivity index is 1.87. The third-order valence-corrected chi connectivity index (χ3v) is 5.56. The molecule has 0 bridgehead atoms. The van der Waals surface area contributed by atoms with Gasteiger partial charge in [-0.1, -0.05) is 41.4 Å². The SMILES string of the molecule is Cc1cc(C)cc(NC2=C(c3ccc(C)cc3C)C(=O)N(c3ccc(Cl)cc3)C2=O)c1. The van der Waals surface area contributed by atoms with Crippen LogP contribution in [0.5, 0.6) is 0 Å². The number of benzene rings is 3. The molecule has 0 saturated carbocycles. The Kier molecular flexibility index (Phi) is 5.42. The number of carbonyl (C=O) groups excluding carboxylic acids is 2. The molecule has 156 valence electrons. The first kappa shape index (κ1) is 20.9. The maximum atomic E-state index is 13.5. The molecule has 0 spiro atoms. The molecule has 0 aromatic heterocycles. The number of imide groups is 1. The van der Waals surface area contributed by atoms with E-state index >= 15 is 0 Å². The van der Waals surface area contributed by atoms with E-state index in [4.69, 9.17) is 11.6 Å². The van der Waals surface area contributed by atoms with Gasteiger partial charge in [0.15, 0.2) is 0 Å². The molecule has 0 unspecified atom stereocenters. The van der Waals surface area contributed by atoms with E-state index in [2.05, 4.69) is 11.4 Å². The number of anilines is 2. The van der Waals surface area contributed by atoms with Crippen LogP contribution in [0.25, 0.3) is 5.57 Å². The molecule has 3 aromatic rings. The Morgan fingerprint density at radius 3 is 2.00 bits per heavy atom. The Hall–Kier alpha value is -3.37. The van der Waals surface area contributed by atoms with E-state index in [9.17, 15) is 9.59 Å². The highest BCUT2D eigenvalue weighted by Gasteiger charge is 2.40. The number of amides is 2. The van der Waals surface area contributed by atoms with Crippen LogP contribution in [0.1, 0.15) is 27.8 Å². The number of aryl methyl sites for hydroxylation is 4. The molecule has 1 heterocycles. The van der Waals surface area contributed by atoms with Crippen molar-refractivity contribution < 1.29 is 9.59 Å². The maximum absolute atomic E-state index is 13.5. The van der Waals surface area contributed by atoms with Gasteiger partial charge in [0.2, 0.25) is 0 Å². The third kappa shape index (κ3) is 3.99. The quantitative estimate of drug-likeness (QED) is 0.518. The van der Waals surface area contributed by atoms with Crippen LogP contribution in [0.3, 0.4) is 0 Å². The van der Waals surface area contributed by atoms with Gasteiger partial charge >= 0.3 is 0 Å². The number of nitrogens with zero attached hydrogens (tertiary/aromatic N) is 1. The van der Waals surface area contributed by atoms with Gasteiger partial charge < -0.3 is 5.32 Å². The number of hydrogen-bond donors (Lipinski definition) is 1. The zero-order valence-electron chi connectivity index (χ0n) is 17.9. The molecule has 0 aliphatic carbocycles. The van der Waals surface area contributed by atoms with Crippen LogP contribution in [0.15, 0.2) is 66.4 Å². The molecule has 0 fully saturated rings. The molecule has 5 heteroatoms. The van der Waals surface area contributed by atoms with Crippen LogP contribution in [-0.4, -0.2) is 11.8 Å². The fraction of sp³-hybridized carbons (Fsp3) is 0.154. The first-order valence-corrected chi connectivity index (χ1v) is 10.4. The molecule has 3 aromatic carbocycles. The average Bonchev–Trinajstić information content (AvgIpc) is 2.92. The second-order valence-electron chi connectivity index (χ2n) is 7.99. The third-order valence-electron chi connectivity index (χ3n) is 5.31. The van der Waals surface area contributed by atoms with Crippen molar-refractivity contribution in [1.82, 2.24) is 0 Å². The van der Waals surface area contributed by atoms with Crippen LogP contribution >= 0.6 is 11.6 Å². The molecule has 1 aliphatic heterocycles. The van der Waals surface area contributed by atoms with E-state index in [-0.39, 0.29) is 17.5 Å². The minimum absolute atomic E-state index is 0.275. The number of nitrogens with one attached hydrogen (secondary N) is 1. The van der Waals surface area contributed by atoms with Crippen molar-refractivity contribution in [3.05, 3.63) is 99.2 Å². The molecule has 31 heavy (non-hydrogen) atoms. The summed E-state index contributed by atoms with van der Waals surface area (Å²) in [5, 5.41) is 3.79. The molecule has 0 saturated heterocycles. The molecule has 1 N–H and O–H groups in total. The first-order valence-electron chi connectivity index (χ1n) is 10.1. The molecule has 4 rings (SSSR count). The fourth-order valence-corrected chi connectivity index (χ4v) is 4.13. The summed E-state index contributed by atoms with van der Waals surface area (Å²) in [7, 11) is 0. The van der Waals surface area contributed by atoms with Crippen LogP contribution in [-0.2, 0) is 9.59 Å². The van der Waals surface area contributed by atoms with Gasteiger partial charge in [0.1, 0.15) is 5.70 Å². The van der Waals surface area contributed by atoms with E-state index in [0.29, 0.717) is 16.3 Å². The number of rotatable bonds is 4. The predicted molar refractivity (Wildman–Crippen MR) is 126 cm³/mol. The predicted octanol–water partition coefficient (Wildman–Crippen LogP) is 5.97. The molecule has 0 atom stereocenters. The highest BCUT2D eigenvalue weighted by molar-refractivity contribution is 6.46. The standard InChI is InChI=1S/C26H23ClN2O2/c1-15-5-10-22(18(4)12-15)23-24(28-20-13-16(2)11-17(3)14-20)26(31)29(25(23)30)21-8-6-19(27)7-9-21/h5-14,28H,1-4H3. The van der Waals surface area contributed by atoms with E-state index in [1.807, 2.05) is 58.0 Å². The van der Waals surface area contributed by atoms with Crippen molar-refractivity contribution >= 4 is 40.4 Å². The van der Waals surface area contributed by atoms with Gasteiger partial charge in [-0.15, -0.1) is 0 Å². The van der Waals surface area contributed by atoms with Gasteiger partial charge in [-0.05, 0) is 86.3 Å². The second kappa shape index (κ2) is 8.05. The first-order chi connectivity index (χ1) is 14.7. The summed E-state index contributed by atoms with van der Waals surface area (Å²) in [6.07, 6.45) is 0. The van der Waals surface area contributed by atoms with Gasteiger partial charge in [0, 0.05) is 10.7 Å². The molecular weight excluding hydrogens is 408 g/mol. The van der Waals surface area contributed by atoms with Crippen LogP contribution in [0.4, 0.5) is 11.4 Å². The van der Waals surface area contributed by atoms with Gasteiger partial charge in [0.05, 0.1) is 11.3 Å². The van der Waals surface area contributed by atoms with Crippen molar-refractivity contribution in [3.8, 4) is 0 Å². The van der Waals surface area contributed by atoms with Gasteiger partial charge in [-0.25, -0.2) is 4.90 Å². The molecule has 1 aliphatic rings. The van der Waals surface area contributed by atoms with Crippen LogP contribution in [0.2, 0.25) is 5.02 Å². The molecule has 0 radical (unpaired) electrons. The van der Waals surface area contributed by atoms with Crippen molar-refractivity contribution in [1.29, 1.82) is 0 Å². The zero-order chi connectivity index (χ0) is 22.3. The largest absolute Gasteiger partial charge is 0.350 e. The lowest BCUT2D eigenvalue weighted by Crippen LogP contribution is -2.32. The normalized spacial score (nSPS) is 13.9. The van der Waals surface area contributed by atoms with E-state index in [1.54, 1.807) is 24.3 Å². The summed E-state index contributed by atoms with van der Waals surface area (Å²) < 4.78 is 0. The highest BCUT2D eigenvalue weighted by atomic mass is 35.5.